The first-order valence-electron chi connectivity index (χ1n) is 4.50. The van der Waals surface area contributed by atoms with Crippen LogP contribution in [0, 0.1) is 0 Å². The number of rotatable bonds is 3. The number of hydrogen-bond donors (Lipinski definition) is 0. The summed E-state index contributed by atoms with van der Waals surface area (Å²) >= 11 is 0. The van der Waals surface area contributed by atoms with Crippen LogP contribution in [0.2, 0.25) is 5.82 Å². The molecule has 0 aliphatic rings. The molecule has 5 heteroatoms. The highest BCUT2D eigenvalue weighted by Gasteiger charge is 2.23. The number of carbonyl (C=O) groups excluding carboxylic acids is 1. The van der Waals surface area contributed by atoms with E-state index in [0.29, 0.717) is 0 Å². The van der Waals surface area contributed by atoms with E-state index in [1.165, 1.54) is 7.11 Å². The number of carbonyl (C=O) groups is 1. The van der Waals surface area contributed by atoms with E-state index in [9.17, 15) is 4.79 Å². The maximum absolute atomic E-state index is 11.2. The molecule has 4 nitrogen and oxygen atoms in total. The van der Waals surface area contributed by atoms with Crippen molar-refractivity contribution in [1.82, 2.24) is 4.57 Å². The Kier molecular flexibility index (Phi) is 3.33. The molecule has 0 N–H and O–H groups in total. The molecule has 1 rings (SSSR count). The SMILES string of the molecule is COC(=O)C(C)[B]c1n(C)cc[n+]1C. The lowest BCUT2D eigenvalue weighted by molar-refractivity contribution is -0.653. The standard InChI is InChI=1S/C9H15BN2O2/c1-7(8(13)14-4)10-9-11(2)5-6-12(9)3/h5-7H,1-4H3/q+1. The first kappa shape index (κ1) is 10.8. The summed E-state index contributed by atoms with van der Waals surface area (Å²) in [6.07, 6.45) is 3.88. The first-order valence-corrected chi connectivity index (χ1v) is 4.50. The Labute approximate surface area is 84.7 Å². The largest absolute Gasteiger partial charge is 0.469 e. The molecule has 0 saturated carbocycles. The Morgan fingerprint density at radius 3 is 2.79 bits per heavy atom. The van der Waals surface area contributed by atoms with Crippen molar-refractivity contribution >= 4 is 19.0 Å². The van der Waals surface area contributed by atoms with E-state index in [4.69, 9.17) is 0 Å². The van der Waals surface area contributed by atoms with E-state index in [1.54, 1.807) is 0 Å². The Bertz CT molecular complexity index is 316. The van der Waals surface area contributed by atoms with E-state index < -0.39 is 0 Å². The summed E-state index contributed by atoms with van der Waals surface area (Å²) in [5.41, 5.74) is 0.989. The fourth-order valence-electron chi connectivity index (χ4n) is 1.31. The van der Waals surface area contributed by atoms with Crippen LogP contribution in [0.5, 0.6) is 0 Å². The van der Waals surface area contributed by atoms with Crippen LogP contribution in [0.15, 0.2) is 12.4 Å². The second kappa shape index (κ2) is 4.31. The lowest BCUT2D eigenvalue weighted by atomic mass is 9.64. The highest BCUT2D eigenvalue weighted by molar-refractivity contribution is 6.56. The zero-order valence-electron chi connectivity index (χ0n) is 9.02. The molecular weight excluding hydrogens is 179 g/mol. The number of aromatic nitrogens is 2. The van der Waals surface area contributed by atoms with Gasteiger partial charge in [-0.1, -0.05) is 6.92 Å². The van der Waals surface area contributed by atoms with Crippen molar-refractivity contribution in [2.45, 2.75) is 12.7 Å². The molecule has 0 aliphatic carbocycles. The van der Waals surface area contributed by atoms with Crippen LogP contribution in [0.25, 0.3) is 0 Å². The number of imidazole rings is 1. The van der Waals surface area contributed by atoms with Crippen molar-refractivity contribution in [3.63, 3.8) is 0 Å². The van der Waals surface area contributed by atoms with E-state index in [2.05, 4.69) is 4.74 Å². The fraction of sp³-hybridized carbons (Fsp3) is 0.556. The summed E-state index contributed by atoms with van der Waals surface area (Å²) in [6, 6.07) is 0. The third kappa shape index (κ3) is 2.16. The van der Waals surface area contributed by atoms with Gasteiger partial charge in [-0.3, -0.25) is 4.79 Å². The topological polar surface area (TPSA) is 35.1 Å². The Morgan fingerprint density at radius 1 is 1.71 bits per heavy atom. The highest BCUT2D eigenvalue weighted by Crippen LogP contribution is 2.01. The summed E-state index contributed by atoms with van der Waals surface area (Å²) < 4.78 is 8.57. The van der Waals surface area contributed by atoms with Crippen LogP contribution in [-0.2, 0) is 23.6 Å². The molecule has 0 amide bonds. The molecule has 0 aliphatic heterocycles. The number of methoxy groups -OCH3 is 1. The Morgan fingerprint density at radius 2 is 2.36 bits per heavy atom. The van der Waals surface area contributed by atoms with Gasteiger partial charge in [0.05, 0.1) is 21.2 Å². The average molecular weight is 194 g/mol. The van der Waals surface area contributed by atoms with Crippen LogP contribution in [-0.4, -0.2) is 24.9 Å². The van der Waals surface area contributed by atoms with Crippen LogP contribution < -0.4 is 10.3 Å². The minimum absolute atomic E-state index is 0.216. The quantitative estimate of drug-likeness (QED) is 0.357. The third-order valence-corrected chi connectivity index (χ3v) is 2.21. The van der Waals surface area contributed by atoms with Gasteiger partial charge in [-0.25, -0.2) is 9.13 Å². The number of esters is 1. The molecule has 0 saturated heterocycles. The molecule has 1 heterocycles. The van der Waals surface area contributed by atoms with Crippen LogP contribution in [0.4, 0.5) is 0 Å². The van der Waals surface area contributed by atoms with Gasteiger partial charge >= 0.3 is 5.97 Å². The summed E-state index contributed by atoms with van der Waals surface area (Å²) in [6.45, 7) is 1.82. The summed E-state index contributed by atoms with van der Waals surface area (Å²) in [4.78, 5) is 11.2. The smallest absolute Gasteiger partial charge is 0.301 e. The molecule has 1 aromatic heterocycles. The number of nitrogens with zero attached hydrogens (tertiary/aromatic N) is 2. The van der Waals surface area contributed by atoms with Crippen molar-refractivity contribution in [3.05, 3.63) is 12.4 Å². The van der Waals surface area contributed by atoms with Crippen molar-refractivity contribution in [3.8, 4) is 0 Å². The molecule has 1 unspecified atom stereocenters. The maximum atomic E-state index is 11.2. The van der Waals surface area contributed by atoms with Crippen LogP contribution >= 0.6 is 0 Å². The lowest BCUT2D eigenvalue weighted by Gasteiger charge is -2.05. The number of hydrogen-bond acceptors (Lipinski definition) is 2. The van der Waals surface area contributed by atoms with Gasteiger partial charge in [0, 0.05) is 5.82 Å². The van der Waals surface area contributed by atoms with Gasteiger partial charge in [-0.05, 0) is 0 Å². The molecule has 0 spiro atoms. The first-order chi connectivity index (χ1) is 6.56. The number of ether oxygens (including phenoxy) is 1. The van der Waals surface area contributed by atoms with E-state index >= 15 is 0 Å². The Balaban J connectivity index is 2.73. The predicted molar refractivity (Wildman–Crippen MR) is 53.4 cm³/mol. The van der Waals surface area contributed by atoms with Crippen molar-refractivity contribution < 1.29 is 14.1 Å². The van der Waals surface area contributed by atoms with Crippen molar-refractivity contribution in [2.75, 3.05) is 7.11 Å². The Hall–Kier alpha value is -1.26. The summed E-state index contributed by atoms with van der Waals surface area (Å²) in [7, 11) is 7.16. The normalized spacial score (nSPS) is 12.3. The van der Waals surface area contributed by atoms with E-state index in [1.807, 2.05) is 49.8 Å². The zero-order valence-corrected chi connectivity index (χ0v) is 9.02. The highest BCUT2D eigenvalue weighted by atomic mass is 16.5. The minimum atomic E-state index is -0.222. The fourth-order valence-corrected chi connectivity index (χ4v) is 1.31. The van der Waals surface area contributed by atoms with Crippen LogP contribution in [0.3, 0.4) is 0 Å². The zero-order chi connectivity index (χ0) is 10.7. The second-order valence-electron chi connectivity index (χ2n) is 3.36. The van der Waals surface area contributed by atoms with Gasteiger partial charge < -0.3 is 4.74 Å². The van der Waals surface area contributed by atoms with Crippen molar-refractivity contribution in [2.24, 2.45) is 14.1 Å². The van der Waals surface area contributed by atoms with Gasteiger partial charge in [0.1, 0.15) is 12.4 Å². The van der Waals surface area contributed by atoms with Gasteiger partial charge in [0.25, 0.3) is 7.28 Å². The molecular formula is C9H15BN2O2+. The molecule has 1 radical (unpaired) electrons. The van der Waals surface area contributed by atoms with Gasteiger partial charge in [0.15, 0.2) is 5.72 Å². The summed E-state index contributed by atoms with van der Waals surface area (Å²) in [5.74, 6) is -0.439. The molecule has 14 heavy (non-hydrogen) atoms. The molecule has 1 atom stereocenters. The minimum Gasteiger partial charge on any atom is -0.469 e. The molecule has 0 bridgehead atoms. The second-order valence-corrected chi connectivity index (χ2v) is 3.36. The third-order valence-electron chi connectivity index (χ3n) is 2.21. The predicted octanol–water partition coefficient (Wildman–Crippen LogP) is -0.839. The van der Waals surface area contributed by atoms with Crippen molar-refractivity contribution in [1.29, 1.82) is 0 Å². The monoisotopic (exact) mass is 194 g/mol. The summed E-state index contributed by atoms with van der Waals surface area (Å²) in [5, 5.41) is 0. The van der Waals surface area contributed by atoms with Gasteiger partial charge in [-0.2, -0.15) is 0 Å². The lowest BCUT2D eigenvalue weighted by Crippen LogP contribution is -2.51. The van der Waals surface area contributed by atoms with Crippen LogP contribution in [0.1, 0.15) is 6.92 Å². The molecule has 0 aromatic carbocycles. The van der Waals surface area contributed by atoms with E-state index in [-0.39, 0.29) is 11.8 Å². The molecule has 0 fully saturated rings. The van der Waals surface area contributed by atoms with Gasteiger partial charge in [-0.15, -0.1) is 0 Å². The van der Waals surface area contributed by atoms with Gasteiger partial charge in [0.2, 0.25) is 0 Å². The maximum Gasteiger partial charge on any atom is 0.301 e. The van der Waals surface area contributed by atoms with E-state index in [0.717, 1.165) is 5.72 Å². The average Bonchev–Trinajstić information content (AvgIpc) is 2.48. The number of aryl methyl sites for hydroxylation is 2. The molecule has 75 valence electrons. The molecule has 1 aromatic rings.